The van der Waals surface area contributed by atoms with E-state index in [1.165, 1.54) is 36.4 Å². The van der Waals surface area contributed by atoms with Crippen molar-refractivity contribution in [1.82, 2.24) is 10.2 Å². The summed E-state index contributed by atoms with van der Waals surface area (Å²) in [5.74, 6) is -0.524. The number of rotatable bonds is 9. The predicted octanol–water partition coefficient (Wildman–Crippen LogP) is 4.58. The Morgan fingerprint density at radius 2 is 1.65 bits per heavy atom. The Bertz CT molecular complexity index is 1110. The minimum absolute atomic E-state index is 0.00705. The third kappa shape index (κ3) is 5.36. The summed E-state index contributed by atoms with van der Waals surface area (Å²) in [6.07, 6.45) is 0. The summed E-state index contributed by atoms with van der Waals surface area (Å²) < 4.78 is 30.8. The van der Waals surface area contributed by atoms with E-state index >= 15 is 0 Å². The van der Waals surface area contributed by atoms with Gasteiger partial charge in [-0.15, -0.1) is 0 Å². The molecular weight excluding hydrogens is 436 g/mol. The highest BCUT2D eigenvalue weighted by molar-refractivity contribution is 7.91. The first-order chi connectivity index (χ1) is 14.9. The number of furan rings is 1. The normalized spacial score (nSPS) is 12.6. The van der Waals surface area contributed by atoms with Crippen molar-refractivity contribution < 1.29 is 17.6 Å². The molecule has 1 unspecified atom stereocenters. The number of hydrogen-bond acceptors (Lipinski definition) is 5. The van der Waals surface area contributed by atoms with Crippen molar-refractivity contribution in [2.24, 2.45) is 0 Å². The Hall–Kier alpha value is -2.61. The van der Waals surface area contributed by atoms with Crippen LogP contribution in [-0.2, 0) is 9.84 Å². The molecule has 1 N–H and O–H groups in total. The second-order valence-corrected chi connectivity index (χ2v) is 9.25. The van der Waals surface area contributed by atoms with Crippen LogP contribution in [0.3, 0.4) is 0 Å². The average molecular weight is 461 g/mol. The maximum Gasteiger partial charge on any atom is 0.287 e. The molecule has 6 nitrogen and oxygen atoms in total. The molecule has 31 heavy (non-hydrogen) atoms. The van der Waals surface area contributed by atoms with Crippen LogP contribution in [0.1, 0.15) is 36.0 Å². The number of benzene rings is 2. The molecule has 0 bridgehead atoms. The summed E-state index contributed by atoms with van der Waals surface area (Å²) in [5, 5.41) is 3.01. The largest absolute Gasteiger partial charge is 0.439 e. The van der Waals surface area contributed by atoms with Gasteiger partial charge >= 0.3 is 0 Å². The van der Waals surface area contributed by atoms with Gasteiger partial charge in [0.2, 0.25) is 14.9 Å². The van der Waals surface area contributed by atoms with Crippen molar-refractivity contribution in [2.75, 3.05) is 19.6 Å². The first kappa shape index (κ1) is 23.1. The van der Waals surface area contributed by atoms with Crippen molar-refractivity contribution in [3.63, 3.8) is 0 Å². The maximum atomic E-state index is 12.7. The van der Waals surface area contributed by atoms with Crippen LogP contribution >= 0.6 is 11.6 Å². The van der Waals surface area contributed by atoms with E-state index in [-0.39, 0.29) is 21.8 Å². The monoisotopic (exact) mass is 460 g/mol. The number of sulfone groups is 1. The fourth-order valence-electron chi connectivity index (χ4n) is 3.39. The molecule has 0 spiro atoms. The molecule has 8 heteroatoms. The lowest BCUT2D eigenvalue weighted by atomic mass is 10.1. The number of carbonyl (C=O) groups excluding carboxylic acids is 1. The zero-order chi connectivity index (χ0) is 22.4. The van der Waals surface area contributed by atoms with Crippen LogP contribution in [0.2, 0.25) is 5.02 Å². The third-order valence-electron chi connectivity index (χ3n) is 5.09. The van der Waals surface area contributed by atoms with E-state index in [2.05, 4.69) is 24.1 Å². The van der Waals surface area contributed by atoms with Crippen LogP contribution in [0, 0.1) is 0 Å². The summed E-state index contributed by atoms with van der Waals surface area (Å²) in [7, 11) is -3.88. The molecule has 2 aromatic carbocycles. The molecule has 0 aliphatic carbocycles. The Labute approximate surface area is 187 Å². The molecular formula is C23H25ClN2O4S. The fraction of sp³-hybridized carbons (Fsp3) is 0.261. The topological polar surface area (TPSA) is 79.6 Å². The molecule has 1 aromatic heterocycles. The molecule has 0 radical (unpaired) electrons. The van der Waals surface area contributed by atoms with Crippen LogP contribution in [0.25, 0.3) is 0 Å². The SMILES string of the molecule is CCN(CC)C(CNC(=O)c1ccc(S(=O)(=O)c2ccc(Cl)cc2)o1)c1ccccc1. The lowest BCUT2D eigenvalue weighted by Crippen LogP contribution is -2.38. The predicted molar refractivity (Wildman–Crippen MR) is 120 cm³/mol. The van der Waals surface area contributed by atoms with Gasteiger partial charge < -0.3 is 9.73 Å². The van der Waals surface area contributed by atoms with Crippen molar-refractivity contribution >= 4 is 27.3 Å². The van der Waals surface area contributed by atoms with Crippen molar-refractivity contribution in [2.45, 2.75) is 29.9 Å². The van der Waals surface area contributed by atoms with Crippen LogP contribution in [0.5, 0.6) is 0 Å². The van der Waals surface area contributed by atoms with Crippen molar-refractivity contribution in [3.8, 4) is 0 Å². The number of nitrogens with zero attached hydrogens (tertiary/aromatic N) is 1. The van der Waals surface area contributed by atoms with Gasteiger partial charge in [0, 0.05) is 11.6 Å². The van der Waals surface area contributed by atoms with Gasteiger partial charge in [0.1, 0.15) is 0 Å². The van der Waals surface area contributed by atoms with Gasteiger partial charge in [0.25, 0.3) is 5.91 Å². The van der Waals surface area contributed by atoms with Gasteiger partial charge in [-0.25, -0.2) is 8.42 Å². The highest BCUT2D eigenvalue weighted by Gasteiger charge is 2.24. The van der Waals surface area contributed by atoms with Gasteiger partial charge in [0.15, 0.2) is 5.76 Å². The molecule has 0 saturated carbocycles. The molecule has 164 valence electrons. The van der Waals surface area contributed by atoms with E-state index < -0.39 is 15.7 Å². The lowest BCUT2D eigenvalue weighted by molar-refractivity contribution is 0.0902. The summed E-state index contributed by atoms with van der Waals surface area (Å²) in [5.41, 5.74) is 1.09. The van der Waals surface area contributed by atoms with Crippen LogP contribution in [0.15, 0.2) is 81.1 Å². The van der Waals surface area contributed by atoms with Crippen LogP contribution in [-0.4, -0.2) is 38.9 Å². The molecule has 1 atom stereocenters. The number of halogens is 1. The Morgan fingerprint density at radius 1 is 1.00 bits per heavy atom. The molecule has 0 aliphatic heterocycles. The molecule has 0 aliphatic rings. The molecule has 0 fully saturated rings. The molecule has 0 saturated heterocycles. The lowest BCUT2D eigenvalue weighted by Gasteiger charge is -2.30. The quantitative estimate of drug-likeness (QED) is 0.505. The highest BCUT2D eigenvalue weighted by Crippen LogP contribution is 2.25. The number of likely N-dealkylation sites (N-methyl/N-ethyl adjacent to an activating group) is 1. The summed E-state index contributed by atoms with van der Waals surface area (Å²) in [6.45, 7) is 6.17. The highest BCUT2D eigenvalue weighted by atomic mass is 35.5. The summed E-state index contributed by atoms with van der Waals surface area (Å²) in [6, 6.07) is 18.4. The van der Waals surface area contributed by atoms with Crippen LogP contribution in [0.4, 0.5) is 0 Å². The maximum absolute atomic E-state index is 12.7. The Balaban J connectivity index is 1.75. The molecule has 1 amide bonds. The van der Waals surface area contributed by atoms with Gasteiger partial charge in [-0.1, -0.05) is 55.8 Å². The summed E-state index contributed by atoms with van der Waals surface area (Å²) in [4.78, 5) is 15.0. The van der Waals surface area contributed by atoms with E-state index in [1.807, 2.05) is 30.3 Å². The van der Waals surface area contributed by atoms with Crippen molar-refractivity contribution in [1.29, 1.82) is 0 Å². The van der Waals surface area contributed by atoms with E-state index in [0.717, 1.165) is 18.7 Å². The minimum atomic E-state index is -3.88. The first-order valence-corrected chi connectivity index (χ1v) is 11.9. The molecule has 3 aromatic rings. The first-order valence-electron chi connectivity index (χ1n) is 10.0. The van der Waals surface area contributed by atoms with Crippen molar-refractivity contribution in [3.05, 3.63) is 83.1 Å². The van der Waals surface area contributed by atoms with Gasteiger partial charge in [0.05, 0.1) is 10.9 Å². The number of nitrogens with one attached hydrogen (secondary N) is 1. The smallest absolute Gasteiger partial charge is 0.287 e. The van der Waals surface area contributed by atoms with Gasteiger partial charge in [-0.2, -0.15) is 0 Å². The number of amides is 1. The average Bonchev–Trinajstić information content (AvgIpc) is 3.29. The standard InChI is InChI=1S/C23H25ClN2O4S/c1-3-26(4-2)20(17-8-6-5-7-9-17)16-25-23(27)21-14-15-22(30-21)31(28,29)19-12-10-18(24)11-13-19/h5-15,20H,3-4,16H2,1-2H3,(H,25,27). The zero-order valence-corrected chi connectivity index (χ0v) is 19.0. The number of carbonyl (C=O) groups is 1. The second-order valence-electron chi connectivity index (χ2n) is 6.93. The Morgan fingerprint density at radius 3 is 2.26 bits per heavy atom. The third-order valence-corrected chi connectivity index (χ3v) is 6.98. The number of hydrogen-bond donors (Lipinski definition) is 1. The van der Waals surface area contributed by atoms with E-state index in [9.17, 15) is 13.2 Å². The van der Waals surface area contributed by atoms with E-state index in [0.29, 0.717) is 11.6 Å². The molecule has 3 rings (SSSR count). The Kier molecular flexibility index (Phi) is 7.54. The molecule has 1 heterocycles. The summed E-state index contributed by atoms with van der Waals surface area (Å²) >= 11 is 5.83. The van der Waals surface area contributed by atoms with Crippen LogP contribution < -0.4 is 5.32 Å². The van der Waals surface area contributed by atoms with E-state index in [1.54, 1.807) is 0 Å². The zero-order valence-electron chi connectivity index (χ0n) is 17.4. The van der Waals surface area contributed by atoms with Gasteiger partial charge in [-0.05, 0) is 55.1 Å². The van der Waals surface area contributed by atoms with E-state index in [4.69, 9.17) is 16.0 Å². The second kappa shape index (κ2) is 10.1. The minimum Gasteiger partial charge on any atom is -0.439 e. The fourth-order valence-corrected chi connectivity index (χ4v) is 4.69. The van der Waals surface area contributed by atoms with Gasteiger partial charge in [-0.3, -0.25) is 9.69 Å².